The summed E-state index contributed by atoms with van der Waals surface area (Å²) in [5, 5.41) is 0. The van der Waals surface area contributed by atoms with E-state index in [9.17, 15) is 0 Å². The van der Waals surface area contributed by atoms with Crippen LogP contribution in [-0.4, -0.2) is 27.0 Å². The lowest BCUT2D eigenvalue weighted by atomic mass is 9.59. The van der Waals surface area contributed by atoms with Crippen LogP contribution >= 0.6 is 0 Å². The fraction of sp³-hybridized carbons (Fsp3) is 0.591. The van der Waals surface area contributed by atoms with Gasteiger partial charge in [0.1, 0.15) is 0 Å². The normalized spacial score (nSPS) is 28.8. The van der Waals surface area contributed by atoms with E-state index < -0.39 is 0 Å². The fourth-order valence-corrected chi connectivity index (χ4v) is 5.09. The summed E-state index contributed by atoms with van der Waals surface area (Å²) in [7, 11) is 0. The van der Waals surface area contributed by atoms with Gasteiger partial charge >= 0.3 is 0 Å². The van der Waals surface area contributed by atoms with Crippen molar-refractivity contribution in [1.82, 2.24) is 14.5 Å². The molecule has 0 amide bonds. The molecule has 0 spiro atoms. The molecule has 134 valence electrons. The first-order valence-electron chi connectivity index (χ1n) is 9.95. The van der Waals surface area contributed by atoms with Crippen molar-refractivity contribution in [3.05, 3.63) is 53.6 Å². The Balaban J connectivity index is 1.58. The third-order valence-electron chi connectivity index (χ3n) is 6.95. The molecule has 2 bridgehead atoms. The highest BCUT2D eigenvalue weighted by atomic mass is 15.2. The van der Waals surface area contributed by atoms with Gasteiger partial charge in [0.25, 0.3) is 0 Å². The van der Waals surface area contributed by atoms with Crippen LogP contribution in [0.1, 0.15) is 56.9 Å². The Kier molecular flexibility index (Phi) is 4.45. The second-order valence-corrected chi connectivity index (χ2v) is 8.29. The predicted molar refractivity (Wildman–Crippen MR) is 103 cm³/mol. The number of imidazole rings is 1. The minimum atomic E-state index is 0.332. The maximum absolute atomic E-state index is 4.43. The number of aryl methyl sites for hydroxylation is 1. The Bertz CT molecular complexity index is 734. The van der Waals surface area contributed by atoms with Crippen LogP contribution in [-0.2, 0) is 24.9 Å². The Morgan fingerprint density at radius 1 is 1.28 bits per heavy atom. The minimum absolute atomic E-state index is 0.332. The van der Waals surface area contributed by atoms with Crippen LogP contribution in [0.4, 0.5) is 0 Å². The van der Waals surface area contributed by atoms with Crippen molar-refractivity contribution in [2.24, 2.45) is 5.92 Å². The van der Waals surface area contributed by atoms with Gasteiger partial charge in [0.05, 0.1) is 12.0 Å². The Morgan fingerprint density at radius 2 is 2.12 bits per heavy atom. The zero-order valence-corrected chi connectivity index (χ0v) is 15.9. The van der Waals surface area contributed by atoms with Gasteiger partial charge in [-0.1, -0.05) is 51.5 Å². The molecule has 3 nitrogen and oxygen atoms in total. The van der Waals surface area contributed by atoms with E-state index in [0.717, 1.165) is 13.1 Å². The first-order chi connectivity index (χ1) is 12.1. The van der Waals surface area contributed by atoms with Gasteiger partial charge in [0, 0.05) is 25.3 Å². The Labute approximate surface area is 152 Å². The summed E-state index contributed by atoms with van der Waals surface area (Å²) in [6.07, 6.45) is 9.00. The van der Waals surface area contributed by atoms with Crippen LogP contribution < -0.4 is 0 Å². The van der Waals surface area contributed by atoms with Gasteiger partial charge in [-0.3, -0.25) is 4.90 Å². The molecule has 0 N–H and O–H groups in total. The number of hydrogen-bond donors (Lipinski definition) is 0. The maximum Gasteiger partial charge on any atom is 0.0948 e. The summed E-state index contributed by atoms with van der Waals surface area (Å²) in [5.74, 6) is 0.697. The van der Waals surface area contributed by atoms with E-state index in [2.05, 4.69) is 65.7 Å². The van der Waals surface area contributed by atoms with Crippen molar-refractivity contribution in [3.8, 4) is 0 Å². The van der Waals surface area contributed by atoms with E-state index in [4.69, 9.17) is 0 Å². The maximum atomic E-state index is 4.43. The number of rotatable bonds is 5. The van der Waals surface area contributed by atoms with Crippen molar-refractivity contribution >= 4 is 0 Å². The summed E-state index contributed by atoms with van der Waals surface area (Å²) in [5.41, 5.74) is 4.88. The zero-order valence-electron chi connectivity index (χ0n) is 15.9. The van der Waals surface area contributed by atoms with Crippen molar-refractivity contribution < 1.29 is 0 Å². The summed E-state index contributed by atoms with van der Waals surface area (Å²) < 4.78 is 2.36. The first-order valence-corrected chi connectivity index (χ1v) is 9.95. The minimum Gasteiger partial charge on any atom is -0.333 e. The van der Waals surface area contributed by atoms with Crippen LogP contribution in [0.3, 0.4) is 0 Å². The topological polar surface area (TPSA) is 21.1 Å². The number of unbranched alkanes of at least 4 members (excludes halogenated alkanes) is 1. The van der Waals surface area contributed by atoms with Crippen LogP contribution in [0.5, 0.6) is 0 Å². The molecule has 0 unspecified atom stereocenters. The average Bonchev–Trinajstić information content (AvgIpc) is 3.06. The van der Waals surface area contributed by atoms with E-state index >= 15 is 0 Å². The van der Waals surface area contributed by atoms with Crippen LogP contribution in [0.25, 0.3) is 0 Å². The van der Waals surface area contributed by atoms with Gasteiger partial charge in [-0.25, -0.2) is 4.98 Å². The molecule has 2 aliphatic rings. The smallest absolute Gasteiger partial charge is 0.0948 e. The van der Waals surface area contributed by atoms with E-state index in [0.29, 0.717) is 17.4 Å². The van der Waals surface area contributed by atoms with Crippen molar-refractivity contribution in [1.29, 1.82) is 0 Å². The zero-order chi connectivity index (χ0) is 17.4. The van der Waals surface area contributed by atoms with Gasteiger partial charge in [0.2, 0.25) is 0 Å². The molecule has 3 atom stereocenters. The van der Waals surface area contributed by atoms with Crippen LogP contribution in [0.2, 0.25) is 0 Å². The number of likely N-dealkylation sites (tertiary alicyclic amines) is 1. The average molecular weight is 338 g/mol. The van der Waals surface area contributed by atoms with Crippen molar-refractivity contribution in [3.63, 3.8) is 0 Å². The molecule has 3 heteroatoms. The SMILES string of the molecule is CCCCn1cncc1CN1CC[C@@]2(C)c3ccccc3C[C@@H]1[C@H]2C. The van der Waals surface area contributed by atoms with E-state index in [1.165, 1.54) is 37.9 Å². The number of aromatic nitrogens is 2. The predicted octanol–water partition coefficient (Wildman–Crippen LogP) is 4.41. The van der Waals surface area contributed by atoms with Crippen LogP contribution in [0, 0.1) is 5.92 Å². The van der Waals surface area contributed by atoms with E-state index in [1.54, 1.807) is 11.1 Å². The Hall–Kier alpha value is -1.61. The first kappa shape index (κ1) is 16.8. The monoisotopic (exact) mass is 337 g/mol. The van der Waals surface area contributed by atoms with Crippen molar-refractivity contribution in [2.75, 3.05) is 6.54 Å². The number of nitrogens with zero attached hydrogens (tertiary/aromatic N) is 3. The lowest BCUT2D eigenvalue weighted by molar-refractivity contribution is 0.0244. The molecular weight excluding hydrogens is 306 g/mol. The molecule has 4 rings (SSSR count). The van der Waals surface area contributed by atoms with Crippen LogP contribution in [0.15, 0.2) is 36.8 Å². The number of hydrogen-bond acceptors (Lipinski definition) is 2. The Morgan fingerprint density at radius 3 is 2.96 bits per heavy atom. The molecule has 1 aromatic heterocycles. The third kappa shape index (κ3) is 2.83. The number of benzene rings is 1. The van der Waals surface area contributed by atoms with Gasteiger partial charge in [-0.05, 0) is 48.3 Å². The van der Waals surface area contributed by atoms with Gasteiger partial charge < -0.3 is 4.57 Å². The second-order valence-electron chi connectivity index (χ2n) is 8.29. The van der Waals surface area contributed by atoms with E-state index in [-0.39, 0.29) is 0 Å². The summed E-state index contributed by atoms with van der Waals surface area (Å²) in [6, 6.07) is 9.79. The standard InChI is InChI=1S/C22H31N3/c1-4-5-11-25-16-23-14-19(25)15-24-12-10-22(3)17(2)21(24)13-18-8-6-7-9-20(18)22/h6-9,14,16-17,21H,4-5,10-13,15H2,1-3H3/t17-,21-,22-/m1/s1. The quantitative estimate of drug-likeness (QED) is 0.806. The second kappa shape index (κ2) is 6.60. The van der Waals surface area contributed by atoms with E-state index in [1.807, 2.05) is 6.33 Å². The molecule has 1 saturated heterocycles. The molecular formula is C22H31N3. The summed E-state index contributed by atoms with van der Waals surface area (Å²) in [4.78, 5) is 7.15. The molecule has 1 aliphatic carbocycles. The molecule has 0 saturated carbocycles. The molecule has 25 heavy (non-hydrogen) atoms. The molecule has 1 aromatic carbocycles. The number of fused-ring (bicyclic) bond motifs is 4. The van der Waals surface area contributed by atoms with Gasteiger partial charge in [-0.2, -0.15) is 0 Å². The lowest BCUT2D eigenvalue weighted by Crippen LogP contribution is -2.57. The van der Waals surface area contributed by atoms with Gasteiger partial charge in [0.15, 0.2) is 0 Å². The molecule has 2 aromatic rings. The van der Waals surface area contributed by atoms with Gasteiger partial charge in [-0.15, -0.1) is 0 Å². The third-order valence-corrected chi connectivity index (χ3v) is 6.95. The molecule has 1 fully saturated rings. The summed E-state index contributed by atoms with van der Waals surface area (Å²) >= 11 is 0. The van der Waals surface area contributed by atoms with Crippen molar-refractivity contribution in [2.45, 2.75) is 71.0 Å². The largest absolute Gasteiger partial charge is 0.333 e. The lowest BCUT2D eigenvalue weighted by Gasteiger charge is -2.54. The fourth-order valence-electron chi connectivity index (χ4n) is 5.09. The molecule has 1 aliphatic heterocycles. The highest BCUT2D eigenvalue weighted by Gasteiger charge is 2.48. The summed E-state index contributed by atoms with van der Waals surface area (Å²) in [6.45, 7) is 10.5. The number of piperidine rings is 1. The molecule has 2 heterocycles. The molecule has 0 radical (unpaired) electrons. The highest BCUT2D eigenvalue weighted by molar-refractivity contribution is 5.39. The highest BCUT2D eigenvalue weighted by Crippen LogP contribution is 2.48.